The first-order valence-electron chi connectivity index (χ1n) is 8.17. The van der Waals surface area contributed by atoms with Gasteiger partial charge in [0.05, 0.1) is 5.92 Å². The van der Waals surface area contributed by atoms with Crippen LogP contribution in [0.2, 0.25) is 0 Å². The van der Waals surface area contributed by atoms with Gasteiger partial charge in [-0.2, -0.15) is 0 Å². The Balaban J connectivity index is 2.00. The summed E-state index contributed by atoms with van der Waals surface area (Å²) in [4.78, 5) is 24.3. The van der Waals surface area contributed by atoms with Crippen LogP contribution in [0.1, 0.15) is 52.9 Å². The lowest BCUT2D eigenvalue weighted by Crippen LogP contribution is -2.56. The highest BCUT2D eigenvalue weighted by molar-refractivity contribution is 5.76. The molecule has 1 heterocycles. The van der Waals surface area contributed by atoms with Crippen molar-refractivity contribution in [2.24, 2.45) is 17.8 Å². The van der Waals surface area contributed by atoms with Crippen LogP contribution >= 0.6 is 0 Å². The highest BCUT2D eigenvalue weighted by Crippen LogP contribution is 2.23. The van der Waals surface area contributed by atoms with E-state index in [4.69, 9.17) is 5.11 Å². The summed E-state index contributed by atoms with van der Waals surface area (Å²) in [7, 11) is 0. The standard InChI is InChI=1S/C16H30N2O3/c1-12(2)8-6-4-5-7-9-17-16(21)18-10-14(11-18)13(3)15(19)20/h12-14H,4-11H2,1-3H3,(H,17,21)(H,19,20). The Morgan fingerprint density at radius 3 is 2.33 bits per heavy atom. The van der Waals surface area contributed by atoms with E-state index in [-0.39, 0.29) is 17.9 Å². The normalized spacial score (nSPS) is 16.7. The summed E-state index contributed by atoms with van der Waals surface area (Å²) in [5, 5.41) is 11.8. The second kappa shape index (κ2) is 8.90. The number of carboxylic acids is 1. The number of amides is 2. The summed E-state index contributed by atoms with van der Waals surface area (Å²) in [6.07, 6.45) is 5.96. The van der Waals surface area contributed by atoms with Crippen molar-refractivity contribution in [2.45, 2.75) is 52.9 Å². The molecule has 1 aliphatic heterocycles. The maximum Gasteiger partial charge on any atom is 0.317 e. The lowest BCUT2D eigenvalue weighted by atomic mass is 9.87. The first-order valence-corrected chi connectivity index (χ1v) is 8.17. The van der Waals surface area contributed by atoms with Crippen molar-refractivity contribution in [3.05, 3.63) is 0 Å². The molecule has 5 heteroatoms. The number of likely N-dealkylation sites (tertiary alicyclic amines) is 1. The fourth-order valence-electron chi connectivity index (χ4n) is 2.53. The van der Waals surface area contributed by atoms with Crippen LogP contribution in [0.15, 0.2) is 0 Å². The van der Waals surface area contributed by atoms with E-state index in [1.54, 1.807) is 11.8 Å². The Morgan fingerprint density at radius 1 is 1.14 bits per heavy atom. The summed E-state index contributed by atoms with van der Waals surface area (Å²) in [6.45, 7) is 8.04. The van der Waals surface area contributed by atoms with Gasteiger partial charge < -0.3 is 15.3 Å². The number of nitrogens with zero attached hydrogens (tertiary/aromatic N) is 1. The minimum atomic E-state index is -0.776. The SMILES string of the molecule is CC(C)CCCCCCNC(=O)N1CC(C(C)C(=O)O)C1. The number of hydrogen-bond donors (Lipinski definition) is 2. The molecular formula is C16H30N2O3. The molecule has 1 rings (SSSR count). The molecule has 0 aliphatic carbocycles. The van der Waals surface area contributed by atoms with E-state index >= 15 is 0 Å². The Kier molecular flexibility index (Phi) is 7.54. The Morgan fingerprint density at radius 2 is 1.76 bits per heavy atom. The third-order valence-corrected chi connectivity index (χ3v) is 4.28. The molecule has 21 heavy (non-hydrogen) atoms. The molecule has 0 spiro atoms. The summed E-state index contributed by atoms with van der Waals surface area (Å²) in [5.74, 6) is -0.266. The minimum absolute atomic E-state index is 0.0500. The summed E-state index contributed by atoms with van der Waals surface area (Å²) < 4.78 is 0. The van der Waals surface area contributed by atoms with Gasteiger partial charge in [-0.25, -0.2) is 4.79 Å². The molecule has 1 fully saturated rings. The van der Waals surface area contributed by atoms with Gasteiger partial charge in [-0.1, -0.05) is 46.5 Å². The lowest BCUT2D eigenvalue weighted by molar-refractivity contribution is -0.144. The zero-order valence-corrected chi connectivity index (χ0v) is 13.6. The number of unbranched alkanes of at least 4 members (excludes halogenated alkanes) is 3. The molecule has 2 N–H and O–H groups in total. The van der Waals surface area contributed by atoms with Gasteiger partial charge in [-0.15, -0.1) is 0 Å². The van der Waals surface area contributed by atoms with Crippen molar-refractivity contribution in [1.29, 1.82) is 0 Å². The number of nitrogens with one attached hydrogen (secondary N) is 1. The van der Waals surface area contributed by atoms with Gasteiger partial charge in [0.2, 0.25) is 0 Å². The third kappa shape index (κ3) is 6.36. The Bertz CT molecular complexity index is 338. The van der Waals surface area contributed by atoms with Crippen molar-refractivity contribution in [1.82, 2.24) is 10.2 Å². The Labute approximate surface area is 128 Å². The molecule has 5 nitrogen and oxygen atoms in total. The lowest BCUT2D eigenvalue weighted by Gasteiger charge is -2.41. The Hall–Kier alpha value is -1.26. The predicted molar refractivity (Wildman–Crippen MR) is 83.2 cm³/mol. The van der Waals surface area contributed by atoms with Crippen molar-refractivity contribution in [3.63, 3.8) is 0 Å². The average Bonchev–Trinajstić information content (AvgIpc) is 2.35. The van der Waals surface area contributed by atoms with Crippen molar-refractivity contribution in [3.8, 4) is 0 Å². The van der Waals surface area contributed by atoms with E-state index in [0.717, 1.165) is 25.3 Å². The van der Waals surface area contributed by atoms with Crippen LogP contribution in [0, 0.1) is 17.8 Å². The van der Waals surface area contributed by atoms with E-state index in [0.29, 0.717) is 13.1 Å². The number of carboxylic acid groups (broad SMARTS) is 1. The fraction of sp³-hybridized carbons (Fsp3) is 0.875. The fourth-order valence-corrected chi connectivity index (χ4v) is 2.53. The van der Waals surface area contributed by atoms with Crippen molar-refractivity contribution < 1.29 is 14.7 Å². The highest BCUT2D eigenvalue weighted by atomic mass is 16.4. The first-order chi connectivity index (χ1) is 9.91. The molecule has 0 bridgehead atoms. The third-order valence-electron chi connectivity index (χ3n) is 4.28. The van der Waals surface area contributed by atoms with Crippen LogP contribution in [-0.4, -0.2) is 41.6 Å². The minimum Gasteiger partial charge on any atom is -0.481 e. The van der Waals surface area contributed by atoms with E-state index in [1.165, 1.54) is 19.3 Å². The molecule has 1 atom stereocenters. The van der Waals surface area contributed by atoms with Gasteiger partial charge in [0.1, 0.15) is 0 Å². The molecule has 1 aliphatic rings. The van der Waals surface area contributed by atoms with Gasteiger partial charge >= 0.3 is 12.0 Å². The van der Waals surface area contributed by atoms with Crippen LogP contribution < -0.4 is 5.32 Å². The second-order valence-electron chi connectivity index (χ2n) is 6.62. The zero-order chi connectivity index (χ0) is 15.8. The van der Waals surface area contributed by atoms with E-state index < -0.39 is 5.97 Å². The molecule has 1 saturated heterocycles. The average molecular weight is 298 g/mol. The number of hydrogen-bond acceptors (Lipinski definition) is 2. The molecule has 0 radical (unpaired) electrons. The monoisotopic (exact) mass is 298 g/mol. The molecule has 0 saturated carbocycles. The van der Waals surface area contributed by atoms with Gasteiger partial charge in [-0.3, -0.25) is 4.79 Å². The molecular weight excluding hydrogens is 268 g/mol. The van der Waals surface area contributed by atoms with E-state index in [9.17, 15) is 9.59 Å². The number of carbonyl (C=O) groups excluding carboxylic acids is 1. The number of urea groups is 1. The van der Waals surface area contributed by atoms with Crippen molar-refractivity contribution in [2.75, 3.05) is 19.6 Å². The molecule has 2 amide bonds. The van der Waals surface area contributed by atoms with Gasteiger partial charge in [0.15, 0.2) is 0 Å². The molecule has 1 unspecified atom stereocenters. The van der Waals surface area contributed by atoms with Gasteiger partial charge in [0.25, 0.3) is 0 Å². The summed E-state index contributed by atoms with van der Waals surface area (Å²) >= 11 is 0. The predicted octanol–water partition coefficient (Wildman–Crippen LogP) is 2.96. The van der Waals surface area contributed by atoms with Crippen molar-refractivity contribution >= 4 is 12.0 Å². The topological polar surface area (TPSA) is 69.6 Å². The van der Waals surface area contributed by atoms with Crippen LogP contribution in [0.4, 0.5) is 4.79 Å². The molecule has 0 aromatic heterocycles. The number of rotatable bonds is 9. The summed E-state index contributed by atoms with van der Waals surface area (Å²) in [6, 6.07) is -0.0500. The summed E-state index contributed by atoms with van der Waals surface area (Å²) in [5.41, 5.74) is 0. The van der Waals surface area contributed by atoms with E-state index in [1.807, 2.05) is 0 Å². The van der Waals surface area contributed by atoms with Crippen LogP contribution in [0.25, 0.3) is 0 Å². The van der Waals surface area contributed by atoms with Crippen LogP contribution in [-0.2, 0) is 4.79 Å². The van der Waals surface area contributed by atoms with Crippen LogP contribution in [0.5, 0.6) is 0 Å². The smallest absolute Gasteiger partial charge is 0.317 e. The molecule has 122 valence electrons. The van der Waals surface area contributed by atoms with Crippen LogP contribution in [0.3, 0.4) is 0 Å². The van der Waals surface area contributed by atoms with Gasteiger partial charge in [0, 0.05) is 25.6 Å². The first kappa shape index (κ1) is 17.8. The maximum absolute atomic E-state index is 11.8. The number of carbonyl (C=O) groups is 2. The number of aliphatic carboxylic acids is 1. The molecule has 0 aromatic rings. The largest absolute Gasteiger partial charge is 0.481 e. The zero-order valence-electron chi connectivity index (χ0n) is 13.6. The maximum atomic E-state index is 11.8. The van der Waals surface area contributed by atoms with E-state index in [2.05, 4.69) is 19.2 Å². The molecule has 0 aromatic carbocycles. The highest BCUT2D eigenvalue weighted by Gasteiger charge is 2.36. The second-order valence-corrected chi connectivity index (χ2v) is 6.62. The quantitative estimate of drug-likeness (QED) is 0.643. The van der Waals surface area contributed by atoms with Gasteiger partial charge in [-0.05, 0) is 12.3 Å².